The Kier molecular flexibility index (Phi) is 2.58. The third kappa shape index (κ3) is 2.10. The third-order valence-corrected chi connectivity index (χ3v) is 3.67. The number of rotatable bonds is 0. The maximum absolute atomic E-state index is 6.18. The van der Waals surface area contributed by atoms with Crippen molar-refractivity contribution in [3.63, 3.8) is 0 Å². The molecule has 2 heterocycles. The normalized spacial score (nSPS) is 38.8. The number of hydrogen-bond acceptors (Lipinski definition) is 3. The lowest BCUT2D eigenvalue weighted by Gasteiger charge is -2.48. The average Bonchev–Trinajstić information content (AvgIpc) is 2.09. The quantitative estimate of drug-likeness (QED) is 0.627. The van der Waals surface area contributed by atoms with Crippen LogP contribution in [0, 0.1) is 5.41 Å². The molecular formula is C11H22N2O. The van der Waals surface area contributed by atoms with Gasteiger partial charge in [0.1, 0.15) is 0 Å². The topological polar surface area (TPSA) is 38.5 Å². The van der Waals surface area contributed by atoms with E-state index < -0.39 is 0 Å². The fourth-order valence-corrected chi connectivity index (χ4v) is 2.87. The van der Waals surface area contributed by atoms with Crippen LogP contribution in [-0.2, 0) is 4.74 Å². The van der Waals surface area contributed by atoms with Crippen LogP contribution in [0.25, 0.3) is 0 Å². The minimum atomic E-state index is -0.103. The number of piperidine rings is 1. The minimum Gasteiger partial charge on any atom is -0.379 e. The van der Waals surface area contributed by atoms with Crippen molar-refractivity contribution in [3.8, 4) is 0 Å². The zero-order chi connectivity index (χ0) is 10.2. The summed E-state index contributed by atoms with van der Waals surface area (Å²) < 4.78 is 5.67. The number of ether oxygens (including phenoxy) is 1. The molecule has 1 unspecified atom stereocenters. The highest BCUT2D eigenvalue weighted by Crippen LogP contribution is 2.41. The van der Waals surface area contributed by atoms with Gasteiger partial charge in [0.15, 0.2) is 0 Å². The molecule has 2 aliphatic rings. The summed E-state index contributed by atoms with van der Waals surface area (Å²) >= 11 is 0. The molecule has 0 bridgehead atoms. The first-order valence-electron chi connectivity index (χ1n) is 5.57. The Morgan fingerprint density at radius 1 is 1.21 bits per heavy atom. The SMILES string of the molecule is CN1CCC2(CC1)COCC(C)(N)C2. The van der Waals surface area contributed by atoms with Crippen LogP contribution in [0.1, 0.15) is 26.2 Å². The molecule has 14 heavy (non-hydrogen) atoms. The highest BCUT2D eigenvalue weighted by molar-refractivity contribution is 4.96. The molecule has 0 radical (unpaired) electrons. The van der Waals surface area contributed by atoms with Gasteiger partial charge >= 0.3 is 0 Å². The molecule has 1 spiro atoms. The molecule has 2 rings (SSSR count). The lowest BCUT2D eigenvalue weighted by molar-refractivity contribution is -0.0735. The van der Waals surface area contributed by atoms with E-state index >= 15 is 0 Å². The van der Waals surface area contributed by atoms with E-state index in [4.69, 9.17) is 10.5 Å². The van der Waals surface area contributed by atoms with Crippen LogP contribution in [-0.4, -0.2) is 43.8 Å². The lowest BCUT2D eigenvalue weighted by atomic mass is 9.69. The van der Waals surface area contributed by atoms with E-state index in [0.717, 1.165) is 19.6 Å². The van der Waals surface area contributed by atoms with Crippen molar-refractivity contribution < 1.29 is 4.74 Å². The summed E-state index contributed by atoms with van der Waals surface area (Å²) in [5.74, 6) is 0. The predicted octanol–water partition coefficient (Wildman–Crippen LogP) is 0.836. The van der Waals surface area contributed by atoms with Crippen LogP contribution in [0.2, 0.25) is 0 Å². The van der Waals surface area contributed by atoms with Gasteiger partial charge in [-0.05, 0) is 51.7 Å². The smallest absolute Gasteiger partial charge is 0.0643 e. The van der Waals surface area contributed by atoms with Gasteiger partial charge in [-0.1, -0.05) is 0 Å². The Labute approximate surface area is 86.6 Å². The summed E-state index contributed by atoms with van der Waals surface area (Å²) in [5.41, 5.74) is 6.46. The highest BCUT2D eigenvalue weighted by atomic mass is 16.5. The molecule has 0 saturated carbocycles. The Morgan fingerprint density at radius 3 is 2.43 bits per heavy atom. The van der Waals surface area contributed by atoms with E-state index in [1.165, 1.54) is 25.9 Å². The second kappa shape index (κ2) is 3.47. The van der Waals surface area contributed by atoms with Crippen molar-refractivity contribution in [2.45, 2.75) is 31.7 Å². The Morgan fingerprint density at radius 2 is 1.86 bits per heavy atom. The lowest BCUT2D eigenvalue weighted by Crippen LogP contribution is -2.55. The zero-order valence-electron chi connectivity index (χ0n) is 9.38. The van der Waals surface area contributed by atoms with Gasteiger partial charge in [0.2, 0.25) is 0 Å². The monoisotopic (exact) mass is 198 g/mol. The maximum Gasteiger partial charge on any atom is 0.0643 e. The molecule has 0 aromatic rings. The highest BCUT2D eigenvalue weighted by Gasteiger charge is 2.42. The van der Waals surface area contributed by atoms with Crippen LogP contribution < -0.4 is 5.73 Å². The fourth-order valence-electron chi connectivity index (χ4n) is 2.87. The van der Waals surface area contributed by atoms with Crippen LogP contribution >= 0.6 is 0 Å². The molecule has 0 aromatic heterocycles. The molecular weight excluding hydrogens is 176 g/mol. The predicted molar refractivity (Wildman–Crippen MR) is 57.2 cm³/mol. The molecule has 2 fully saturated rings. The fraction of sp³-hybridized carbons (Fsp3) is 1.00. The van der Waals surface area contributed by atoms with E-state index in [1.54, 1.807) is 0 Å². The van der Waals surface area contributed by atoms with E-state index in [9.17, 15) is 0 Å². The molecule has 1 atom stereocenters. The van der Waals surface area contributed by atoms with Gasteiger partial charge < -0.3 is 15.4 Å². The molecule has 0 amide bonds. The molecule has 0 aromatic carbocycles. The van der Waals surface area contributed by atoms with Crippen molar-refractivity contribution in [1.82, 2.24) is 4.90 Å². The van der Waals surface area contributed by atoms with Gasteiger partial charge in [-0.25, -0.2) is 0 Å². The Bertz CT molecular complexity index is 207. The van der Waals surface area contributed by atoms with Gasteiger partial charge in [-0.15, -0.1) is 0 Å². The summed E-state index contributed by atoms with van der Waals surface area (Å²) in [6, 6.07) is 0. The van der Waals surface area contributed by atoms with E-state index in [2.05, 4.69) is 18.9 Å². The van der Waals surface area contributed by atoms with Gasteiger partial charge in [0.25, 0.3) is 0 Å². The average molecular weight is 198 g/mol. The van der Waals surface area contributed by atoms with Crippen LogP contribution in [0.4, 0.5) is 0 Å². The van der Waals surface area contributed by atoms with Crippen molar-refractivity contribution in [2.24, 2.45) is 11.1 Å². The van der Waals surface area contributed by atoms with Crippen LogP contribution in [0.3, 0.4) is 0 Å². The first kappa shape index (κ1) is 10.4. The van der Waals surface area contributed by atoms with Gasteiger partial charge in [-0.3, -0.25) is 0 Å². The van der Waals surface area contributed by atoms with Crippen LogP contribution in [0.15, 0.2) is 0 Å². The van der Waals surface area contributed by atoms with Crippen molar-refractivity contribution in [3.05, 3.63) is 0 Å². The minimum absolute atomic E-state index is 0.103. The summed E-state index contributed by atoms with van der Waals surface area (Å²) in [5, 5.41) is 0. The summed E-state index contributed by atoms with van der Waals surface area (Å²) in [6.07, 6.45) is 3.63. The molecule has 3 heteroatoms. The largest absolute Gasteiger partial charge is 0.379 e. The van der Waals surface area contributed by atoms with Crippen molar-refractivity contribution >= 4 is 0 Å². The molecule has 82 valence electrons. The Hall–Kier alpha value is -0.120. The summed E-state index contributed by atoms with van der Waals surface area (Å²) in [4.78, 5) is 2.40. The van der Waals surface area contributed by atoms with E-state index in [0.29, 0.717) is 5.41 Å². The van der Waals surface area contributed by atoms with Crippen LogP contribution in [0.5, 0.6) is 0 Å². The Balaban J connectivity index is 2.01. The molecule has 0 aliphatic carbocycles. The zero-order valence-corrected chi connectivity index (χ0v) is 9.38. The van der Waals surface area contributed by atoms with Gasteiger partial charge in [0, 0.05) is 5.54 Å². The second-order valence-corrected chi connectivity index (χ2v) is 5.63. The van der Waals surface area contributed by atoms with E-state index in [1.807, 2.05) is 0 Å². The second-order valence-electron chi connectivity index (χ2n) is 5.63. The third-order valence-electron chi connectivity index (χ3n) is 3.67. The number of nitrogens with zero attached hydrogens (tertiary/aromatic N) is 1. The first-order chi connectivity index (χ1) is 6.52. The standard InChI is InChI=1S/C11H22N2O/c1-10(12)7-11(9-14-8-10)3-5-13(2)6-4-11/h3-9,12H2,1-2H3. The number of nitrogens with two attached hydrogens (primary N) is 1. The van der Waals surface area contributed by atoms with Gasteiger partial charge in [-0.2, -0.15) is 0 Å². The van der Waals surface area contributed by atoms with Crippen molar-refractivity contribution in [1.29, 1.82) is 0 Å². The summed E-state index contributed by atoms with van der Waals surface area (Å²) in [7, 11) is 2.19. The summed E-state index contributed by atoms with van der Waals surface area (Å²) in [6.45, 7) is 6.16. The maximum atomic E-state index is 6.18. The van der Waals surface area contributed by atoms with Gasteiger partial charge in [0.05, 0.1) is 13.2 Å². The molecule has 2 N–H and O–H groups in total. The van der Waals surface area contributed by atoms with E-state index in [-0.39, 0.29) is 5.54 Å². The number of hydrogen-bond donors (Lipinski definition) is 1. The molecule has 2 aliphatic heterocycles. The number of likely N-dealkylation sites (tertiary alicyclic amines) is 1. The molecule has 3 nitrogen and oxygen atoms in total. The molecule has 2 saturated heterocycles. The van der Waals surface area contributed by atoms with Crippen molar-refractivity contribution in [2.75, 3.05) is 33.4 Å². The first-order valence-corrected chi connectivity index (χ1v) is 5.57.